The van der Waals surface area contributed by atoms with Gasteiger partial charge in [0.25, 0.3) is 0 Å². The number of anilines is 1. The van der Waals surface area contributed by atoms with E-state index >= 15 is 0 Å². The Kier molecular flexibility index (Phi) is 3.47. The van der Waals surface area contributed by atoms with Crippen LogP contribution in [0.4, 0.5) is 5.69 Å². The van der Waals surface area contributed by atoms with Crippen LogP contribution in [0.3, 0.4) is 0 Å². The smallest absolute Gasteiger partial charge is 0.129 e. The first-order valence-electron chi connectivity index (χ1n) is 6.01. The molecule has 0 aliphatic carbocycles. The molecule has 0 radical (unpaired) electrons. The molecule has 1 unspecified atom stereocenters. The summed E-state index contributed by atoms with van der Waals surface area (Å²) in [6, 6.07) is 5.73. The topological polar surface area (TPSA) is 48.1 Å². The van der Waals surface area contributed by atoms with E-state index in [-0.39, 0.29) is 6.10 Å². The van der Waals surface area contributed by atoms with Crippen LogP contribution >= 0.6 is 0 Å². The van der Waals surface area contributed by atoms with Crippen LogP contribution in [-0.4, -0.2) is 11.1 Å². The number of rotatable bonds is 4. The minimum Gasteiger partial charge on any atom is -0.490 e. The molecule has 3 nitrogen and oxygen atoms in total. The second-order valence-corrected chi connectivity index (χ2v) is 4.29. The van der Waals surface area contributed by atoms with Gasteiger partial charge in [0.2, 0.25) is 0 Å². The number of ether oxygens (including phenoxy) is 1. The second-order valence-electron chi connectivity index (χ2n) is 4.29. The van der Waals surface area contributed by atoms with Gasteiger partial charge in [0.15, 0.2) is 0 Å². The first-order valence-corrected chi connectivity index (χ1v) is 6.01. The monoisotopic (exact) mass is 230 g/mol. The van der Waals surface area contributed by atoms with Gasteiger partial charge in [0.1, 0.15) is 5.75 Å². The Balaban J connectivity index is 2.38. The van der Waals surface area contributed by atoms with Gasteiger partial charge in [-0.3, -0.25) is 4.98 Å². The maximum Gasteiger partial charge on any atom is 0.129 e. The van der Waals surface area contributed by atoms with Gasteiger partial charge >= 0.3 is 0 Å². The lowest BCUT2D eigenvalue weighted by Crippen LogP contribution is -2.11. The number of hydrogen-bond acceptors (Lipinski definition) is 3. The van der Waals surface area contributed by atoms with Gasteiger partial charge < -0.3 is 10.5 Å². The Hall–Kier alpha value is -1.77. The van der Waals surface area contributed by atoms with Gasteiger partial charge in [-0.05, 0) is 31.5 Å². The standard InChI is InChI=1S/C14H18N2O/c1-3-4-10(2)17-14-6-5-13(15)11-7-8-16-9-12(11)14/h5-10H,3-4,15H2,1-2H3. The average molecular weight is 230 g/mol. The van der Waals surface area contributed by atoms with E-state index in [1.54, 1.807) is 12.4 Å². The molecular formula is C14H18N2O. The van der Waals surface area contributed by atoms with Gasteiger partial charge in [0, 0.05) is 28.9 Å². The number of pyridine rings is 1. The van der Waals surface area contributed by atoms with Crippen molar-refractivity contribution in [3.05, 3.63) is 30.6 Å². The third-order valence-electron chi connectivity index (χ3n) is 2.84. The molecule has 1 heterocycles. The number of fused-ring (bicyclic) bond motifs is 1. The van der Waals surface area contributed by atoms with Crippen LogP contribution in [0.5, 0.6) is 5.75 Å². The van der Waals surface area contributed by atoms with Crippen molar-refractivity contribution in [1.82, 2.24) is 4.98 Å². The molecule has 2 aromatic rings. The molecule has 0 saturated carbocycles. The highest BCUT2D eigenvalue weighted by atomic mass is 16.5. The molecule has 0 saturated heterocycles. The third kappa shape index (κ3) is 2.49. The Morgan fingerprint density at radius 2 is 2.12 bits per heavy atom. The van der Waals surface area contributed by atoms with Gasteiger partial charge in [-0.25, -0.2) is 0 Å². The van der Waals surface area contributed by atoms with E-state index in [1.165, 1.54) is 0 Å². The van der Waals surface area contributed by atoms with Crippen molar-refractivity contribution in [2.45, 2.75) is 32.8 Å². The van der Waals surface area contributed by atoms with Crippen LogP contribution in [0.15, 0.2) is 30.6 Å². The lowest BCUT2D eigenvalue weighted by molar-refractivity contribution is 0.212. The predicted molar refractivity (Wildman–Crippen MR) is 71.2 cm³/mol. The lowest BCUT2D eigenvalue weighted by Gasteiger charge is -2.16. The molecule has 0 amide bonds. The molecule has 0 aliphatic rings. The van der Waals surface area contributed by atoms with Crippen molar-refractivity contribution >= 4 is 16.5 Å². The van der Waals surface area contributed by atoms with Crippen molar-refractivity contribution in [2.75, 3.05) is 5.73 Å². The summed E-state index contributed by atoms with van der Waals surface area (Å²) in [4.78, 5) is 4.13. The molecule has 0 spiro atoms. The van der Waals surface area contributed by atoms with E-state index in [0.29, 0.717) is 0 Å². The number of nitrogen functional groups attached to an aromatic ring is 1. The molecule has 1 aromatic carbocycles. The van der Waals surface area contributed by atoms with Crippen LogP contribution in [0, 0.1) is 0 Å². The molecule has 0 bridgehead atoms. The summed E-state index contributed by atoms with van der Waals surface area (Å²) in [5.74, 6) is 0.864. The van der Waals surface area contributed by atoms with E-state index in [0.717, 1.165) is 35.1 Å². The molecule has 1 aromatic heterocycles. The highest BCUT2D eigenvalue weighted by Crippen LogP contribution is 2.30. The summed E-state index contributed by atoms with van der Waals surface area (Å²) in [5.41, 5.74) is 6.69. The van der Waals surface area contributed by atoms with Crippen molar-refractivity contribution < 1.29 is 4.74 Å². The fourth-order valence-corrected chi connectivity index (χ4v) is 1.97. The summed E-state index contributed by atoms with van der Waals surface area (Å²) in [6.07, 6.45) is 5.93. The van der Waals surface area contributed by atoms with E-state index in [1.807, 2.05) is 18.2 Å². The largest absolute Gasteiger partial charge is 0.490 e. The van der Waals surface area contributed by atoms with Gasteiger partial charge in [-0.1, -0.05) is 13.3 Å². The van der Waals surface area contributed by atoms with E-state index in [4.69, 9.17) is 10.5 Å². The van der Waals surface area contributed by atoms with E-state index < -0.39 is 0 Å². The lowest BCUT2D eigenvalue weighted by atomic mass is 10.1. The molecule has 2 N–H and O–H groups in total. The maximum atomic E-state index is 5.93. The van der Waals surface area contributed by atoms with Crippen molar-refractivity contribution in [2.24, 2.45) is 0 Å². The average Bonchev–Trinajstić information content (AvgIpc) is 2.34. The van der Waals surface area contributed by atoms with Gasteiger partial charge in [-0.2, -0.15) is 0 Å². The summed E-state index contributed by atoms with van der Waals surface area (Å²) < 4.78 is 5.93. The first-order chi connectivity index (χ1) is 8.22. The SMILES string of the molecule is CCCC(C)Oc1ccc(N)c2ccncc12. The summed E-state index contributed by atoms with van der Waals surface area (Å²) in [6.45, 7) is 4.24. The fraction of sp³-hybridized carbons (Fsp3) is 0.357. The van der Waals surface area contributed by atoms with Crippen LogP contribution in [0.25, 0.3) is 10.8 Å². The summed E-state index contributed by atoms with van der Waals surface area (Å²) in [7, 11) is 0. The van der Waals surface area contributed by atoms with E-state index in [2.05, 4.69) is 18.8 Å². The minimum absolute atomic E-state index is 0.215. The zero-order valence-electron chi connectivity index (χ0n) is 10.3. The zero-order valence-corrected chi connectivity index (χ0v) is 10.3. The van der Waals surface area contributed by atoms with Gasteiger partial charge in [-0.15, -0.1) is 0 Å². The number of benzene rings is 1. The molecule has 17 heavy (non-hydrogen) atoms. The Bertz CT molecular complexity index is 511. The molecule has 1 atom stereocenters. The molecule has 0 aliphatic heterocycles. The molecular weight excluding hydrogens is 212 g/mol. The quantitative estimate of drug-likeness (QED) is 0.819. The zero-order chi connectivity index (χ0) is 12.3. The highest BCUT2D eigenvalue weighted by Gasteiger charge is 2.08. The Morgan fingerprint density at radius 1 is 1.29 bits per heavy atom. The normalized spacial score (nSPS) is 12.6. The first kappa shape index (κ1) is 11.7. The van der Waals surface area contributed by atoms with Gasteiger partial charge in [0.05, 0.1) is 6.10 Å². The molecule has 0 fully saturated rings. The van der Waals surface area contributed by atoms with Crippen molar-refractivity contribution in [3.8, 4) is 5.75 Å². The van der Waals surface area contributed by atoms with Crippen molar-refractivity contribution in [1.29, 1.82) is 0 Å². The minimum atomic E-state index is 0.215. The number of aromatic nitrogens is 1. The summed E-state index contributed by atoms with van der Waals surface area (Å²) >= 11 is 0. The van der Waals surface area contributed by atoms with E-state index in [9.17, 15) is 0 Å². The summed E-state index contributed by atoms with van der Waals surface area (Å²) in [5, 5.41) is 1.98. The number of hydrogen-bond donors (Lipinski definition) is 1. The van der Waals surface area contributed by atoms with Crippen LogP contribution in [-0.2, 0) is 0 Å². The molecule has 3 heteroatoms. The highest BCUT2D eigenvalue weighted by molar-refractivity contribution is 5.96. The molecule has 90 valence electrons. The third-order valence-corrected chi connectivity index (χ3v) is 2.84. The Morgan fingerprint density at radius 3 is 2.88 bits per heavy atom. The second kappa shape index (κ2) is 5.04. The van der Waals surface area contributed by atoms with Crippen LogP contribution in [0.2, 0.25) is 0 Å². The Labute approximate surface area is 102 Å². The fourth-order valence-electron chi connectivity index (χ4n) is 1.97. The molecule has 2 rings (SSSR count). The van der Waals surface area contributed by atoms with Crippen LogP contribution in [0.1, 0.15) is 26.7 Å². The number of nitrogens with two attached hydrogens (primary N) is 1. The predicted octanol–water partition coefficient (Wildman–Crippen LogP) is 3.38. The number of nitrogens with zero attached hydrogens (tertiary/aromatic N) is 1. The van der Waals surface area contributed by atoms with Crippen molar-refractivity contribution in [3.63, 3.8) is 0 Å². The maximum absolute atomic E-state index is 5.93. The van der Waals surface area contributed by atoms with Crippen LogP contribution < -0.4 is 10.5 Å².